The van der Waals surface area contributed by atoms with Gasteiger partial charge in [0.25, 0.3) is 5.56 Å². The summed E-state index contributed by atoms with van der Waals surface area (Å²) in [5.74, 6) is 0.997. The third kappa shape index (κ3) is 3.95. The average Bonchev–Trinajstić information content (AvgIpc) is 3.55. The number of aromatic nitrogens is 1. The summed E-state index contributed by atoms with van der Waals surface area (Å²) in [4.78, 5) is 33.8. The lowest BCUT2D eigenvalue weighted by molar-refractivity contribution is -0.139. The van der Waals surface area contributed by atoms with Crippen molar-refractivity contribution in [3.05, 3.63) is 84.7 Å². The van der Waals surface area contributed by atoms with Gasteiger partial charge in [-0.25, -0.2) is 9.79 Å². The summed E-state index contributed by atoms with van der Waals surface area (Å²) in [5.41, 5.74) is 1.57. The highest BCUT2D eigenvalue weighted by Crippen LogP contribution is 2.30. The first-order chi connectivity index (χ1) is 16.1. The maximum atomic E-state index is 13.6. The Balaban J connectivity index is 1.62. The molecule has 1 atom stereocenters. The summed E-state index contributed by atoms with van der Waals surface area (Å²) in [6.07, 6.45) is 4.08. The van der Waals surface area contributed by atoms with E-state index in [2.05, 4.69) is 9.89 Å². The number of anilines is 1. The van der Waals surface area contributed by atoms with Gasteiger partial charge in [-0.15, -0.1) is 0 Å². The molecular formula is C25H25N3O4S. The Hall–Kier alpha value is -3.39. The second-order valence-electron chi connectivity index (χ2n) is 8.08. The fraction of sp³-hybridized carbons (Fsp3) is 0.320. The number of carbonyl (C=O) groups excluding carboxylic acids is 1. The van der Waals surface area contributed by atoms with Crippen molar-refractivity contribution in [1.29, 1.82) is 0 Å². The lowest BCUT2D eigenvalue weighted by Gasteiger charge is -2.24. The molecule has 2 aliphatic heterocycles. The predicted octanol–water partition coefficient (Wildman–Crippen LogP) is 2.99. The molecular weight excluding hydrogens is 438 g/mol. The molecule has 33 heavy (non-hydrogen) atoms. The molecule has 170 valence electrons. The van der Waals surface area contributed by atoms with Gasteiger partial charge in [-0.2, -0.15) is 0 Å². The molecule has 0 radical (unpaired) electrons. The molecule has 0 aliphatic carbocycles. The number of benzene rings is 1. The molecule has 2 aromatic heterocycles. The summed E-state index contributed by atoms with van der Waals surface area (Å²) in [6, 6.07) is 12.8. The molecule has 1 saturated heterocycles. The normalized spacial score (nSPS) is 18.4. The Morgan fingerprint density at radius 1 is 1.21 bits per heavy atom. The van der Waals surface area contributed by atoms with Crippen LogP contribution in [-0.4, -0.2) is 30.2 Å². The highest BCUT2D eigenvalue weighted by molar-refractivity contribution is 7.07. The number of carbonyl (C=O) groups is 1. The summed E-state index contributed by atoms with van der Waals surface area (Å²) in [6.45, 7) is 5.78. The molecule has 7 nitrogen and oxygen atoms in total. The van der Waals surface area contributed by atoms with E-state index in [0.29, 0.717) is 26.4 Å². The quantitative estimate of drug-likeness (QED) is 0.544. The van der Waals surface area contributed by atoms with Gasteiger partial charge in [0.15, 0.2) is 10.7 Å². The maximum Gasteiger partial charge on any atom is 0.338 e. The van der Waals surface area contributed by atoms with Gasteiger partial charge in [-0.3, -0.25) is 9.36 Å². The molecule has 1 aromatic carbocycles. The van der Waals surface area contributed by atoms with Crippen molar-refractivity contribution in [3.8, 4) is 0 Å². The third-order valence-electron chi connectivity index (χ3n) is 5.94. The van der Waals surface area contributed by atoms with E-state index in [9.17, 15) is 9.59 Å². The van der Waals surface area contributed by atoms with E-state index < -0.39 is 12.0 Å². The fourth-order valence-corrected chi connectivity index (χ4v) is 5.43. The molecule has 5 rings (SSSR count). The number of allylic oxidation sites excluding steroid dienone is 1. The monoisotopic (exact) mass is 463 g/mol. The Bertz CT molecular complexity index is 1390. The molecule has 1 fully saturated rings. The van der Waals surface area contributed by atoms with Gasteiger partial charge in [-0.1, -0.05) is 41.7 Å². The second-order valence-corrected chi connectivity index (χ2v) is 9.09. The van der Waals surface area contributed by atoms with Crippen LogP contribution < -0.4 is 19.8 Å². The van der Waals surface area contributed by atoms with Crippen molar-refractivity contribution in [2.75, 3.05) is 24.6 Å². The molecule has 2 aliphatic rings. The molecule has 8 heteroatoms. The van der Waals surface area contributed by atoms with Crippen LogP contribution in [0.1, 0.15) is 44.1 Å². The van der Waals surface area contributed by atoms with Gasteiger partial charge >= 0.3 is 5.97 Å². The first-order valence-electron chi connectivity index (χ1n) is 11.2. The Labute approximate surface area is 194 Å². The largest absolute Gasteiger partial charge is 0.463 e. The van der Waals surface area contributed by atoms with Crippen LogP contribution in [0.5, 0.6) is 0 Å². The lowest BCUT2D eigenvalue weighted by Crippen LogP contribution is -2.39. The number of rotatable bonds is 5. The minimum atomic E-state index is -0.597. The van der Waals surface area contributed by atoms with Crippen molar-refractivity contribution in [2.24, 2.45) is 4.99 Å². The number of nitrogens with zero attached hydrogens (tertiary/aromatic N) is 3. The van der Waals surface area contributed by atoms with E-state index in [4.69, 9.17) is 9.15 Å². The van der Waals surface area contributed by atoms with E-state index in [1.54, 1.807) is 24.5 Å². The topological polar surface area (TPSA) is 77.0 Å². The summed E-state index contributed by atoms with van der Waals surface area (Å²) >= 11 is 1.30. The first-order valence-corrected chi connectivity index (χ1v) is 12.0. The van der Waals surface area contributed by atoms with Crippen LogP contribution in [0.25, 0.3) is 6.08 Å². The summed E-state index contributed by atoms with van der Waals surface area (Å²) < 4.78 is 13.4. The minimum absolute atomic E-state index is 0.207. The zero-order valence-corrected chi connectivity index (χ0v) is 19.4. The van der Waals surface area contributed by atoms with Crippen molar-refractivity contribution in [2.45, 2.75) is 32.7 Å². The molecule has 0 bridgehead atoms. The zero-order chi connectivity index (χ0) is 22.9. The summed E-state index contributed by atoms with van der Waals surface area (Å²) in [7, 11) is 0. The maximum absolute atomic E-state index is 13.6. The van der Waals surface area contributed by atoms with Crippen LogP contribution >= 0.6 is 11.3 Å². The summed E-state index contributed by atoms with van der Waals surface area (Å²) in [5, 5.41) is 0. The van der Waals surface area contributed by atoms with Gasteiger partial charge in [0.2, 0.25) is 0 Å². The lowest BCUT2D eigenvalue weighted by atomic mass is 9.96. The van der Waals surface area contributed by atoms with Gasteiger partial charge in [0.1, 0.15) is 5.76 Å². The number of ether oxygens (including phenoxy) is 1. The van der Waals surface area contributed by atoms with Crippen LogP contribution in [-0.2, 0) is 9.53 Å². The molecule has 3 aromatic rings. The number of thiazole rings is 1. The number of fused-ring (bicyclic) bond motifs is 1. The van der Waals surface area contributed by atoms with Crippen LogP contribution in [0.2, 0.25) is 0 Å². The number of furan rings is 1. The molecule has 0 spiro atoms. The van der Waals surface area contributed by atoms with Gasteiger partial charge in [0, 0.05) is 25.2 Å². The minimum Gasteiger partial charge on any atom is -0.463 e. The van der Waals surface area contributed by atoms with Gasteiger partial charge in [-0.05, 0) is 38.3 Å². The Kier molecular flexibility index (Phi) is 5.76. The molecule has 0 N–H and O–H groups in total. The third-order valence-corrected chi connectivity index (χ3v) is 6.92. The standard InChI is InChI=1S/C25H25N3O4S/c1-3-31-24(30)21-16(2)26-25-28(22(21)17-9-5-4-6-10-17)23(29)19(33-25)15-18-11-12-20(32-18)27-13-7-8-14-27/h4-6,9-12,15,22H,3,7-8,13-14H2,1-2H3/b19-15+/t22-/m0/s1. The smallest absolute Gasteiger partial charge is 0.338 e. The SMILES string of the molecule is CCOC(=O)C1=C(C)N=c2s/c(=C/c3ccc(N4CCCC4)o3)c(=O)n2[C@H]1c1ccccc1. The Morgan fingerprint density at radius 3 is 2.70 bits per heavy atom. The van der Waals surface area contributed by atoms with Crippen LogP contribution in [0.3, 0.4) is 0 Å². The highest BCUT2D eigenvalue weighted by atomic mass is 32.1. The van der Waals surface area contributed by atoms with E-state index in [-0.39, 0.29) is 12.2 Å². The predicted molar refractivity (Wildman–Crippen MR) is 127 cm³/mol. The van der Waals surface area contributed by atoms with Crippen LogP contribution in [0.4, 0.5) is 5.88 Å². The van der Waals surface area contributed by atoms with Crippen LogP contribution in [0, 0.1) is 0 Å². The van der Waals surface area contributed by atoms with E-state index in [1.165, 1.54) is 11.3 Å². The number of hydrogen-bond acceptors (Lipinski definition) is 7. The molecule has 0 saturated carbocycles. The van der Waals surface area contributed by atoms with Crippen molar-refractivity contribution < 1.29 is 13.9 Å². The van der Waals surface area contributed by atoms with Gasteiger partial charge in [0.05, 0.1) is 28.5 Å². The van der Waals surface area contributed by atoms with Crippen molar-refractivity contribution >= 4 is 29.3 Å². The molecule has 0 unspecified atom stereocenters. The average molecular weight is 464 g/mol. The van der Waals surface area contributed by atoms with Crippen molar-refractivity contribution in [3.63, 3.8) is 0 Å². The van der Waals surface area contributed by atoms with Crippen LogP contribution in [0.15, 0.2) is 67.9 Å². The molecule has 4 heterocycles. The Morgan fingerprint density at radius 2 is 1.97 bits per heavy atom. The number of hydrogen-bond donors (Lipinski definition) is 0. The van der Waals surface area contributed by atoms with Gasteiger partial charge < -0.3 is 14.1 Å². The molecule has 0 amide bonds. The number of esters is 1. The first kappa shape index (κ1) is 21.5. The zero-order valence-electron chi connectivity index (χ0n) is 18.6. The fourth-order valence-electron chi connectivity index (χ4n) is 4.40. The van der Waals surface area contributed by atoms with E-state index >= 15 is 0 Å². The van der Waals surface area contributed by atoms with E-state index in [1.807, 2.05) is 42.5 Å². The van der Waals surface area contributed by atoms with E-state index in [0.717, 1.165) is 37.4 Å². The second kappa shape index (κ2) is 8.86. The highest BCUT2D eigenvalue weighted by Gasteiger charge is 2.33. The van der Waals surface area contributed by atoms with Crippen molar-refractivity contribution in [1.82, 2.24) is 4.57 Å².